The summed E-state index contributed by atoms with van der Waals surface area (Å²) in [4.78, 5) is 16.7. The summed E-state index contributed by atoms with van der Waals surface area (Å²) in [6.07, 6.45) is 3.27. The van der Waals surface area contributed by atoms with Gasteiger partial charge in [0.25, 0.3) is 6.33 Å². The molecule has 0 fully saturated rings. The van der Waals surface area contributed by atoms with Gasteiger partial charge in [0.05, 0.1) is 35.4 Å². The van der Waals surface area contributed by atoms with E-state index in [9.17, 15) is 14.3 Å². The van der Waals surface area contributed by atoms with E-state index in [0.29, 0.717) is 28.6 Å². The third-order valence-electron chi connectivity index (χ3n) is 7.77. The Balaban J connectivity index is 0.00000500. The van der Waals surface area contributed by atoms with Crippen molar-refractivity contribution in [3.63, 3.8) is 0 Å². The number of carbonyl (C=O) groups excluding carboxylic acids is 1. The predicted molar refractivity (Wildman–Crippen MR) is 168 cm³/mol. The number of esters is 1. The molecule has 0 saturated heterocycles. The number of likely N-dealkylation sites (N-methyl/N-ethyl adjacent to an activating group) is 1. The second kappa shape index (κ2) is 14.9. The number of benzene rings is 3. The summed E-state index contributed by atoms with van der Waals surface area (Å²) in [7, 11) is 1.67. The molecule has 2 aromatic heterocycles. The fourth-order valence-electron chi connectivity index (χ4n) is 5.39. The minimum atomic E-state index is -1.93. The first kappa shape index (κ1) is 35.3. The van der Waals surface area contributed by atoms with Crippen LogP contribution in [0.4, 0.5) is 8.78 Å². The van der Waals surface area contributed by atoms with Gasteiger partial charge in [-0.15, -0.1) is 16.0 Å². The van der Waals surface area contributed by atoms with Gasteiger partial charge in [-0.1, -0.05) is 19.1 Å². The van der Waals surface area contributed by atoms with Gasteiger partial charge in [-0.3, -0.25) is 4.79 Å². The highest BCUT2D eigenvalue weighted by molar-refractivity contribution is 7.10. The van der Waals surface area contributed by atoms with E-state index in [4.69, 9.17) is 15.0 Å². The molecule has 9 nitrogen and oxygen atoms in total. The molecule has 13 heteroatoms. The zero-order valence-electron chi connectivity index (χ0n) is 26.2. The van der Waals surface area contributed by atoms with Crippen LogP contribution in [0.3, 0.4) is 0 Å². The van der Waals surface area contributed by atoms with Crippen LogP contribution in [0.25, 0.3) is 11.3 Å². The molecule has 0 saturated carbocycles. The highest BCUT2D eigenvalue weighted by Gasteiger charge is 2.43. The molecule has 2 N–H and O–H groups in total. The number of rotatable bonds is 11. The largest absolute Gasteiger partial charge is 1.00 e. The SMILES string of the molecule is CNCC(=O)Oc1c(C)cc(C[n+]2cnn(C[C@](O)(c3cc(F)ccc3F)[C@H](C)c3nc(-c4ccc(C#N)cc4)cs3)c2)cc1C.[Cl-]. The van der Waals surface area contributed by atoms with Gasteiger partial charge in [0.15, 0.2) is 0 Å². The first-order valence-corrected chi connectivity index (χ1v) is 15.4. The van der Waals surface area contributed by atoms with Crippen molar-refractivity contribution in [2.75, 3.05) is 13.6 Å². The first-order chi connectivity index (χ1) is 22.0. The Hall–Kier alpha value is -4.54. The molecule has 0 amide bonds. The molecule has 5 aromatic rings. The van der Waals surface area contributed by atoms with E-state index in [-0.39, 0.29) is 37.0 Å². The lowest BCUT2D eigenvalue weighted by atomic mass is 9.82. The van der Waals surface area contributed by atoms with E-state index in [1.165, 1.54) is 16.0 Å². The van der Waals surface area contributed by atoms with Crippen LogP contribution in [0.2, 0.25) is 0 Å². The summed E-state index contributed by atoms with van der Waals surface area (Å²) >= 11 is 1.30. The van der Waals surface area contributed by atoms with Crippen molar-refractivity contribution in [1.29, 1.82) is 5.26 Å². The summed E-state index contributed by atoms with van der Waals surface area (Å²) in [5, 5.41) is 30.9. The lowest BCUT2D eigenvalue weighted by Crippen LogP contribution is -3.00. The predicted octanol–water partition coefficient (Wildman–Crippen LogP) is 1.93. The number of nitrogens with one attached hydrogen (secondary N) is 1. The van der Waals surface area contributed by atoms with Crippen LogP contribution in [0.5, 0.6) is 5.75 Å². The number of nitriles is 1. The van der Waals surface area contributed by atoms with E-state index in [1.54, 1.807) is 55.5 Å². The van der Waals surface area contributed by atoms with Crippen molar-refractivity contribution in [1.82, 2.24) is 20.1 Å². The zero-order chi connectivity index (χ0) is 33.0. The Kier molecular flexibility index (Phi) is 11.2. The van der Waals surface area contributed by atoms with E-state index >= 15 is 4.39 Å². The summed E-state index contributed by atoms with van der Waals surface area (Å²) in [5.41, 5.74) is 2.37. The summed E-state index contributed by atoms with van der Waals surface area (Å²) in [6, 6.07) is 15.9. The maximum absolute atomic E-state index is 15.3. The van der Waals surface area contributed by atoms with Gasteiger partial charge in [0.2, 0.25) is 6.33 Å². The number of halogens is 3. The van der Waals surface area contributed by atoms with Gasteiger partial charge >= 0.3 is 5.97 Å². The smallest absolute Gasteiger partial charge is 0.325 e. The van der Waals surface area contributed by atoms with E-state index in [1.807, 2.05) is 31.4 Å². The van der Waals surface area contributed by atoms with Gasteiger partial charge in [0, 0.05) is 27.5 Å². The van der Waals surface area contributed by atoms with E-state index in [2.05, 4.69) is 16.5 Å². The number of aromatic nitrogens is 4. The van der Waals surface area contributed by atoms with Crippen LogP contribution < -0.4 is 27.0 Å². The normalized spacial score (nSPS) is 12.9. The van der Waals surface area contributed by atoms with Crippen LogP contribution >= 0.6 is 11.3 Å². The minimum Gasteiger partial charge on any atom is -1.00 e. The quantitative estimate of drug-likeness (QED) is 0.125. The molecular formula is C34H33ClF2N6O3S. The number of hydrogen-bond acceptors (Lipinski definition) is 8. The third-order valence-corrected chi connectivity index (χ3v) is 8.80. The number of hydrogen-bond donors (Lipinski definition) is 2. The van der Waals surface area contributed by atoms with Crippen molar-refractivity contribution >= 4 is 17.3 Å². The molecule has 0 aliphatic carbocycles. The fraction of sp³-hybridized carbons (Fsp3) is 0.265. The summed E-state index contributed by atoms with van der Waals surface area (Å²) in [5.74, 6) is -2.05. The van der Waals surface area contributed by atoms with Crippen LogP contribution in [-0.2, 0) is 23.5 Å². The molecule has 0 aliphatic heterocycles. The highest BCUT2D eigenvalue weighted by Crippen LogP contribution is 2.41. The first-order valence-electron chi connectivity index (χ1n) is 14.5. The van der Waals surface area contributed by atoms with Gasteiger partial charge in [-0.25, -0.2) is 18.3 Å². The van der Waals surface area contributed by atoms with Crippen LogP contribution in [0.15, 0.2) is 72.6 Å². The average Bonchev–Trinajstić information content (AvgIpc) is 3.70. The van der Waals surface area contributed by atoms with Crippen LogP contribution in [-0.4, -0.2) is 39.4 Å². The fourth-order valence-corrected chi connectivity index (χ4v) is 6.37. The maximum atomic E-state index is 15.3. The molecule has 0 unspecified atom stereocenters. The Morgan fingerprint density at radius 1 is 1.17 bits per heavy atom. The third kappa shape index (κ3) is 7.89. The van der Waals surface area contributed by atoms with Gasteiger partial charge < -0.3 is 27.6 Å². The number of carbonyl (C=O) groups is 1. The Morgan fingerprint density at radius 2 is 1.87 bits per heavy atom. The topological polar surface area (TPSA) is 117 Å². The second-order valence-electron chi connectivity index (χ2n) is 11.2. The molecule has 244 valence electrons. The number of aliphatic hydroxyl groups is 1. The molecule has 0 aliphatic rings. The molecule has 0 spiro atoms. The Morgan fingerprint density at radius 3 is 2.53 bits per heavy atom. The molecule has 0 radical (unpaired) electrons. The van der Waals surface area contributed by atoms with Crippen molar-refractivity contribution in [3.05, 3.63) is 117 Å². The van der Waals surface area contributed by atoms with Crippen LogP contribution in [0.1, 0.15) is 45.7 Å². The minimum absolute atomic E-state index is 0. The molecule has 47 heavy (non-hydrogen) atoms. The van der Waals surface area contributed by atoms with Crippen molar-refractivity contribution in [2.45, 2.75) is 45.4 Å². The maximum Gasteiger partial charge on any atom is 0.325 e. The van der Waals surface area contributed by atoms with Gasteiger partial charge in [-0.05, 0) is 80.1 Å². The highest BCUT2D eigenvalue weighted by atomic mass is 35.5. The monoisotopic (exact) mass is 678 g/mol. The number of aryl methyl sites for hydroxylation is 2. The number of ether oxygens (including phenoxy) is 1. The summed E-state index contributed by atoms with van der Waals surface area (Å²) < 4.78 is 38.5. The lowest BCUT2D eigenvalue weighted by molar-refractivity contribution is -0.689. The van der Waals surface area contributed by atoms with Crippen molar-refractivity contribution < 1.29 is 40.4 Å². The Bertz CT molecular complexity index is 1900. The molecule has 0 bridgehead atoms. The number of thiazole rings is 1. The molecular weight excluding hydrogens is 646 g/mol. The van der Waals surface area contributed by atoms with E-state index < -0.39 is 23.2 Å². The second-order valence-corrected chi connectivity index (χ2v) is 12.1. The molecule has 2 heterocycles. The molecule has 3 aromatic carbocycles. The lowest BCUT2D eigenvalue weighted by Gasteiger charge is -2.32. The van der Waals surface area contributed by atoms with Gasteiger partial charge in [0.1, 0.15) is 29.5 Å². The zero-order valence-corrected chi connectivity index (χ0v) is 27.7. The summed E-state index contributed by atoms with van der Waals surface area (Å²) in [6.45, 7) is 5.79. The van der Waals surface area contributed by atoms with Crippen molar-refractivity contribution in [3.8, 4) is 23.1 Å². The standard InChI is InChI=1S/C34H33F2N6O3S.ClH/c1-21-11-25(12-22(2)32(21)45-31(43)15-38-4)16-41-19-39-42(20-41)18-34(44,28-13-27(35)9-10-29(28)36)23(3)33-40-30(17-46-33)26-7-5-24(14-37)6-8-26;/h5-13,17,19-20,23,38,44H,15-16,18H2,1-4H3;1H/q+1;/p-1/t23-,34-;/m1./s1. The molecule has 2 atom stereocenters. The number of nitrogens with zero attached hydrogens (tertiary/aromatic N) is 5. The van der Waals surface area contributed by atoms with Crippen LogP contribution in [0, 0.1) is 36.8 Å². The molecule has 5 rings (SSSR count). The van der Waals surface area contributed by atoms with Gasteiger partial charge in [-0.2, -0.15) is 5.26 Å². The van der Waals surface area contributed by atoms with E-state index in [0.717, 1.165) is 40.5 Å². The Labute approximate surface area is 281 Å². The average molecular weight is 679 g/mol. The van der Waals surface area contributed by atoms with Crippen molar-refractivity contribution in [2.24, 2.45) is 0 Å².